The van der Waals surface area contributed by atoms with Gasteiger partial charge in [0.15, 0.2) is 5.75 Å². The van der Waals surface area contributed by atoms with Crippen molar-refractivity contribution >= 4 is 34.8 Å². The average molecular weight is 455 g/mol. The number of nitrogens with zero attached hydrogens (tertiary/aromatic N) is 2. The number of ether oxygens (including phenoxy) is 2. The van der Waals surface area contributed by atoms with E-state index in [4.69, 9.17) is 26.1 Å². The minimum atomic E-state index is -0.146. The van der Waals surface area contributed by atoms with Gasteiger partial charge in [0.1, 0.15) is 0 Å². The number of H-pyrrole nitrogens is 1. The number of amides is 1. The van der Waals surface area contributed by atoms with Gasteiger partial charge in [-0.25, -0.2) is 9.97 Å². The van der Waals surface area contributed by atoms with Crippen LogP contribution in [-0.4, -0.2) is 53.8 Å². The van der Waals surface area contributed by atoms with Gasteiger partial charge in [-0.1, -0.05) is 17.7 Å². The van der Waals surface area contributed by atoms with Crippen LogP contribution in [0.4, 0.5) is 17.3 Å². The molecular weight excluding hydrogens is 432 g/mol. The van der Waals surface area contributed by atoms with Crippen LogP contribution in [0.25, 0.3) is 11.4 Å². The number of carbonyl (C=O) groups excluding carboxylic acids is 1. The molecule has 5 rings (SSSR count). The van der Waals surface area contributed by atoms with Gasteiger partial charge in [0.25, 0.3) is 5.91 Å². The zero-order valence-electron chi connectivity index (χ0n) is 17.5. The number of hydrogen-bond donors (Lipinski definition) is 4. The summed E-state index contributed by atoms with van der Waals surface area (Å²) >= 11 is 6.31. The average Bonchev–Trinajstić information content (AvgIpc) is 3.43. The fraction of sp³-hybridized carbons (Fsp3) is 0.318. The molecule has 10 heteroatoms. The van der Waals surface area contributed by atoms with Crippen molar-refractivity contribution in [1.29, 1.82) is 0 Å². The largest absolute Gasteiger partial charge is 0.493 e. The van der Waals surface area contributed by atoms with E-state index in [0.29, 0.717) is 64.6 Å². The Hall–Kier alpha value is -3.30. The van der Waals surface area contributed by atoms with Crippen molar-refractivity contribution in [3.8, 4) is 17.1 Å². The molecule has 1 saturated heterocycles. The summed E-state index contributed by atoms with van der Waals surface area (Å²) in [5.41, 5.74) is 4.04. The van der Waals surface area contributed by atoms with E-state index in [2.05, 4.69) is 25.9 Å². The first kappa shape index (κ1) is 20.6. The van der Waals surface area contributed by atoms with E-state index in [9.17, 15) is 4.79 Å². The van der Waals surface area contributed by atoms with E-state index < -0.39 is 0 Å². The maximum absolute atomic E-state index is 12.8. The SMILES string of the molecule is COc1c(Cl)cccc1Nc1c(-c2ccnc(NC3CCOC3)n2)[nH]c2c1C(=O)NCC2. The lowest BCUT2D eigenvalue weighted by Crippen LogP contribution is -2.31. The van der Waals surface area contributed by atoms with Crippen LogP contribution in [0.5, 0.6) is 5.75 Å². The van der Waals surface area contributed by atoms with Crippen LogP contribution >= 0.6 is 11.6 Å². The van der Waals surface area contributed by atoms with Crippen molar-refractivity contribution in [2.75, 3.05) is 37.5 Å². The lowest BCUT2D eigenvalue weighted by atomic mass is 10.1. The molecule has 0 bridgehead atoms. The van der Waals surface area contributed by atoms with E-state index in [1.54, 1.807) is 19.4 Å². The lowest BCUT2D eigenvalue weighted by molar-refractivity contribution is 0.0947. The smallest absolute Gasteiger partial charge is 0.255 e. The molecule has 0 spiro atoms. The van der Waals surface area contributed by atoms with Crippen molar-refractivity contribution in [3.63, 3.8) is 0 Å². The van der Waals surface area contributed by atoms with Gasteiger partial charge in [-0.3, -0.25) is 4.79 Å². The summed E-state index contributed by atoms with van der Waals surface area (Å²) in [6.07, 6.45) is 3.30. The summed E-state index contributed by atoms with van der Waals surface area (Å²) in [5.74, 6) is 0.867. The Morgan fingerprint density at radius 3 is 3.03 bits per heavy atom. The normalized spacial score (nSPS) is 17.6. The molecule has 1 atom stereocenters. The van der Waals surface area contributed by atoms with Gasteiger partial charge in [0.05, 0.1) is 53.1 Å². The highest BCUT2D eigenvalue weighted by atomic mass is 35.5. The molecule has 0 radical (unpaired) electrons. The Morgan fingerprint density at radius 1 is 1.31 bits per heavy atom. The second kappa shape index (κ2) is 8.68. The quantitative estimate of drug-likeness (QED) is 0.451. The molecule has 2 aliphatic rings. The highest BCUT2D eigenvalue weighted by Gasteiger charge is 2.28. The van der Waals surface area contributed by atoms with Crippen molar-refractivity contribution < 1.29 is 14.3 Å². The highest BCUT2D eigenvalue weighted by molar-refractivity contribution is 6.32. The number of halogens is 1. The summed E-state index contributed by atoms with van der Waals surface area (Å²) < 4.78 is 10.9. The van der Waals surface area contributed by atoms with Crippen LogP contribution in [0.15, 0.2) is 30.5 Å². The zero-order valence-corrected chi connectivity index (χ0v) is 18.3. The minimum absolute atomic E-state index is 0.146. The summed E-state index contributed by atoms with van der Waals surface area (Å²) in [6, 6.07) is 7.41. The fourth-order valence-corrected chi connectivity index (χ4v) is 4.30. The molecule has 1 fully saturated rings. The maximum atomic E-state index is 12.8. The molecule has 2 aromatic heterocycles. The third kappa shape index (κ3) is 3.85. The number of rotatable bonds is 6. The van der Waals surface area contributed by atoms with E-state index >= 15 is 0 Å². The van der Waals surface area contributed by atoms with E-state index in [1.165, 1.54) is 0 Å². The van der Waals surface area contributed by atoms with Gasteiger partial charge in [-0.15, -0.1) is 0 Å². The van der Waals surface area contributed by atoms with Crippen LogP contribution in [0, 0.1) is 0 Å². The van der Waals surface area contributed by atoms with Gasteiger partial charge < -0.3 is 30.4 Å². The molecule has 9 nitrogen and oxygen atoms in total. The van der Waals surface area contributed by atoms with Crippen molar-refractivity contribution in [3.05, 3.63) is 46.7 Å². The summed E-state index contributed by atoms with van der Waals surface area (Å²) in [7, 11) is 1.56. The number of methoxy groups -OCH3 is 1. The summed E-state index contributed by atoms with van der Waals surface area (Å²) in [4.78, 5) is 25.2. The zero-order chi connectivity index (χ0) is 22.1. The maximum Gasteiger partial charge on any atom is 0.255 e. The van der Waals surface area contributed by atoms with Crippen molar-refractivity contribution in [2.45, 2.75) is 18.9 Å². The molecule has 1 unspecified atom stereocenters. The Kier molecular flexibility index (Phi) is 5.59. The molecule has 32 heavy (non-hydrogen) atoms. The molecule has 166 valence electrons. The molecule has 3 aromatic rings. The molecule has 4 heterocycles. The first-order valence-electron chi connectivity index (χ1n) is 10.4. The van der Waals surface area contributed by atoms with Gasteiger partial charge in [-0.05, 0) is 24.6 Å². The second-order valence-corrected chi connectivity index (χ2v) is 8.06. The molecule has 4 N–H and O–H groups in total. The second-order valence-electron chi connectivity index (χ2n) is 7.65. The van der Waals surface area contributed by atoms with Crippen molar-refractivity contribution in [2.24, 2.45) is 0 Å². The molecule has 0 aliphatic carbocycles. The third-order valence-corrected chi connectivity index (χ3v) is 5.87. The number of nitrogens with one attached hydrogen (secondary N) is 4. The number of para-hydroxylation sites is 1. The number of carbonyl (C=O) groups is 1. The number of aromatic nitrogens is 3. The van der Waals surface area contributed by atoms with Crippen LogP contribution in [0.2, 0.25) is 5.02 Å². The minimum Gasteiger partial charge on any atom is -0.493 e. The Bertz CT molecular complexity index is 1160. The number of aromatic amines is 1. The van der Waals surface area contributed by atoms with Crippen LogP contribution in [-0.2, 0) is 11.2 Å². The monoisotopic (exact) mass is 454 g/mol. The predicted octanol–water partition coefficient (Wildman–Crippen LogP) is 3.36. The topological polar surface area (TPSA) is 113 Å². The van der Waals surface area contributed by atoms with Crippen LogP contribution in [0.1, 0.15) is 22.5 Å². The number of fused-ring (bicyclic) bond motifs is 1. The number of anilines is 3. The Morgan fingerprint density at radius 2 is 2.22 bits per heavy atom. The molecular formula is C22H23ClN6O3. The molecule has 1 aromatic carbocycles. The van der Waals surface area contributed by atoms with Gasteiger partial charge in [-0.2, -0.15) is 0 Å². The number of benzene rings is 1. The third-order valence-electron chi connectivity index (χ3n) is 5.57. The van der Waals surface area contributed by atoms with Gasteiger partial charge >= 0.3 is 0 Å². The summed E-state index contributed by atoms with van der Waals surface area (Å²) in [5, 5.41) is 10.1. The van der Waals surface area contributed by atoms with Crippen LogP contribution < -0.4 is 20.7 Å². The number of hydrogen-bond acceptors (Lipinski definition) is 7. The Balaban J connectivity index is 1.58. The first-order chi connectivity index (χ1) is 15.6. The summed E-state index contributed by atoms with van der Waals surface area (Å²) in [6.45, 7) is 1.93. The predicted molar refractivity (Wildman–Crippen MR) is 122 cm³/mol. The van der Waals surface area contributed by atoms with Crippen molar-refractivity contribution in [1.82, 2.24) is 20.3 Å². The van der Waals surface area contributed by atoms with Gasteiger partial charge in [0, 0.05) is 31.5 Å². The van der Waals surface area contributed by atoms with E-state index in [-0.39, 0.29) is 11.9 Å². The molecule has 0 saturated carbocycles. The molecule has 1 amide bonds. The van der Waals surface area contributed by atoms with E-state index in [1.807, 2.05) is 18.2 Å². The first-order valence-corrected chi connectivity index (χ1v) is 10.8. The molecule has 2 aliphatic heterocycles. The van der Waals surface area contributed by atoms with E-state index in [0.717, 1.165) is 18.7 Å². The Labute approximate surface area is 189 Å². The van der Waals surface area contributed by atoms with Crippen LogP contribution in [0.3, 0.4) is 0 Å². The highest BCUT2D eigenvalue weighted by Crippen LogP contribution is 2.40. The lowest BCUT2D eigenvalue weighted by Gasteiger charge is -2.17. The standard InChI is InChI=1S/C22H23ClN6O3/c1-31-20-13(23)3-2-4-16(20)28-19-17-14(5-8-24-21(17)30)27-18(19)15-6-9-25-22(29-15)26-12-7-10-32-11-12/h2-4,6,9,12,27-28H,5,7-8,10-11H2,1H3,(H,24,30)(H,25,26,29). The fourth-order valence-electron chi connectivity index (χ4n) is 4.04. The van der Waals surface area contributed by atoms with Gasteiger partial charge in [0.2, 0.25) is 5.95 Å².